The van der Waals surface area contributed by atoms with E-state index >= 15 is 0 Å². The SMILES string of the molecule is FC(F)(F)C1=CCN(CCC2CCNCC2)CC1. The maximum Gasteiger partial charge on any atom is 0.412 e. The molecule has 0 aromatic heterocycles. The topological polar surface area (TPSA) is 15.3 Å². The molecule has 5 heteroatoms. The first-order chi connectivity index (χ1) is 8.55. The molecule has 0 atom stereocenters. The quantitative estimate of drug-likeness (QED) is 0.786. The summed E-state index contributed by atoms with van der Waals surface area (Å²) >= 11 is 0. The number of piperidine rings is 1. The smallest absolute Gasteiger partial charge is 0.317 e. The molecule has 0 aliphatic carbocycles. The first-order valence-corrected chi connectivity index (χ1v) is 6.75. The highest BCUT2D eigenvalue weighted by molar-refractivity contribution is 5.12. The fourth-order valence-electron chi connectivity index (χ4n) is 2.71. The Kier molecular flexibility index (Phi) is 4.67. The molecule has 0 aromatic carbocycles. The average molecular weight is 262 g/mol. The van der Waals surface area contributed by atoms with Crippen molar-refractivity contribution in [3.63, 3.8) is 0 Å². The lowest BCUT2D eigenvalue weighted by molar-refractivity contribution is -0.0960. The van der Waals surface area contributed by atoms with Crippen LogP contribution in [0.1, 0.15) is 25.7 Å². The van der Waals surface area contributed by atoms with E-state index in [9.17, 15) is 13.2 Å². The van der Waals surface area contributed by atoms with E-state index in [2.05, 4.69) is 10.2 Å². The van der Waals surface area contributed by atoms with Crippen molar-refractivity contribution in [2.75, 3.05) is 32.7 Å². The Bertz CT molecular complexity index is 293. The van der Waals surface area contributed by atoms with Gasteiger partial charge in [-0.05, 0) is 51.2 Å². The molecule has 0 bridgehead atoms. The van der Waals surface area contributed by atoms with Crippen molar-refractivity contribution in [2.24, 2.45) is 5.92 Å². The number of nitrogens with zero attached hydrogens (tertiary/aromatic N) is 1. The van der Waals surface area contributed by atoms with Gasteiger partial charge in [-0.25, -0.2) is 0 Å². The molecule has 2 nitrogen and oxygen atoms in total. The van der Waals surface area contributed by atoms with E-state index in [1.165, 1.54) is 18.9 Å². The molecule has 1 N–H and O–H groups in total. The maximum atomic E-state index is 12.5. The van der Waals surface area contributed by atoms with Gasteiger partial charge in [0.15, 0.2) is 0 Å². The summed E-state index contributed by atoms with van der Waals surface area (Å²) in [5.74, 6) is 0.749. The van der Waals surface area contributed by atoms with E-state index in [-0.39, 0.29) is 12.0 Å². The number of halogens is 3. The number of hydrogen-bond acceptors (Lipinski definition) is 2. The fourth-order valence-corrected chi connectivity index (χ4v) is 2.71. The third kappa shape index (κ3) is 3.99. The average Bonchev–Trinajstić information content (AvgIpc) is 2.37. The van der Waals surface area contributed by atoms with E-state index in [4.69, 9.17) is 0 Å². The lowest BCUT2D eigenvalue weighted by atomic mass is 9.94. The van der Waals surface area contributed by atoms with Gasteiger partial charge in [-0.3, -0.25) is 4.90 Å². The third-order valence-corrected chi connectivity index (χ3v) is 3.97. The van der Waals surface area contributed by atoms with Crippen LogP contribution in [0.15, 0.2) is 11.6 Å². The summed E-state index contributed by atoms with van der Waals surface area (Å²) in [5.41, 5.74) is -0.347. The highest BCUT2D eigenvalue weighted by Gasteiger charge is 2.34. The van der Waals surface area contributed by atoms with Crippen molar-refractivity contribution in [1.82, 2.24) is 10.2 Å². The van der Waals surface area contributed by atoms with Gasteiger partial charge in [-0.1, -0.05) is 6.08 Å². The molecule has 0 saturated carbocycles. The van der Waals surface area contributed by atoms with Crippen LogP contribution in [-0.2, 0) is 0 Å². The molecule has 18 heavy (non-hydrogen) atoms. The van der Waals surface area contributed by atoms with Crippen LogP contribution in [0.3, 0.4) is 0 Å². The van der Waals surface area contributed by atoms with E-state index in [1.54, 1.807) is 0 Å². The van der Waals surface area contributed by atoms with Gasteiger partial charge in [0.05, 0.1) is 0 Å². The molecule has 2 aliphatic heterocycles. The molecule has 0 amide bonds. The van der Waals surface area contributed by atoms with Crippen LogP contribution >= 0.6 is 0 Å². The Balaban J connectivity index is 1.71. The predicted octanol–water partition coefficient (Wildman–Crippen LogP) is 2.57. The number of rotatable bonds is 3. The summed E-state index contributed by atoms with van der Waals surface area (Å²) in [6, 6.07) is 0. The normalized spacial score (nSPS) is 24.1. The van der Waals surface area contributed by atoms with Crippen molar-refractivity contribution < 1.29 is 13.2 Å². The summed E-state index contributed by atoms with van der Waals surface area (Å²) in [5, 5.41) is 3.33. The van der Waals surface area contributed by atoms with Gasteiger partial charge < -0.3 is 5.32 Å². The Morgan fingerprint density at radius 2 is 2.00 bits per heavy atom. The number of hydrogen-bond donors (Lipinski definition) is 1. The number of alkyl halides is 3. The van der Waals surface area contributed by atoms with Crippen LogP contribution in [0.5, 0.6) is 0 Å². The molecule has 2 rings (SSSR count). The summed E-state index contributed by atoms with van der Waals surface area (Å²) in [7, 11) is 0. The Morgan fingerprint density at radius 1 is 1.28 bits per heavy atom. The largest absolute Gasteiger partial charge is 0.412 e. The molecular formula is C13H21F3N2. The molecule has 0 unspecified atom stereocenters. The lowest BCUT2D eigenvalue weighted by Crippen LogP contribution is -2.35. The predicted molar refractivity (Wildman–Crippen MR) is 65.4 cm³/mol. The Labute approximate surface area is 106 Å². The van der Waals surface area contributed by atoms with Crippen molar-refractivity contribution >= 4 is 0 Å². The van der Waals surface area contributed by atoms with Gasteiger partial charge in [-0.2, -0.15) is 13.2 Å². The highest BCUT2D eigenvalue weighted by atomic mass is 19.4. The Hall–Kier alpha value is -0.550. The van der Waals surface area contributed by atoms with Gasteiger partial charge in [-0.15, -0.1) is 0 Å². The third-order valence-electron chi connectivity index (χ3n) is 3.97. The van der Waals surface area contributed by atoms with Crippen molar-refractivity contribution in [1.29, 1.82) is 0 Å². The van der Waals surface area contributed by atoms with Crippen LogP contribution in [0.4, 0.5) is 13.2 Å². The molecule has 104 valence electrons. The zero-order valence-corrected chi connectivity index (χ0v) is 10.6. The van der Waals surface area contributed by atoms with Crippen LogP contribution in [0, 0.1) is 5.92 Å². The molecule has 2 aliphatic rings. The summed E-state index contributed by atoms with van der Waals surface area (Å²) < 4.78 is 37.4. The van der Waals surface area contributed by atoms with E-state index in [0.717, 1.165) is 32.0 Å². The van der Waals surface area contributed by atoms with Crippen LogP contribution < -0.4 is 5.32 Å². The summed E-state index contributed by atoms with van der Waals surface area (Å²) in [6.45, 7) is 4.12. The summed E-state index contributed by atoms with van der Waals surface area (Å²) in [4.78, 5) is 2.14. The van der Waals surface area contributed by atoms with Gasteiger partial charge in [0.25, 0.3) is 0 Å². The first kappa shape index (κ1) is 13.9. The van der Waals surface area contributed by atoms with Crippen molar-refractivity contribution in [3.8, 4) is 0 Å². The molecule has 0 aromatic rings. The van der Waals surface area contributed by atoms with Crippen LogP contribution in [-0.4, -0.2) is 43.8 Å². The Morgan fingerprint density at radius 3 is 2.56 bits per heavy atom. The fraction of sp³-hybridized carbons (Fsp3) is 0.846. The van der Waals surface area contributed by atoms with Crippen LogP contribution in [0.25, 0.3) is 0 Å². The van der Waals surface area contributed by atoms with Crippen molar-refractivity contribution in [2.45, 2.75) is 31.9 Å². The standard InChI is InChI=1S/C13H21F3N2/c14-13(15,16)12-4-9-18(10-5-12)8-3-11-1-6-17-7-2-11/h4,11,17H,1-3,5-10H2. The second-order valence-corrected chi connectivity index (χ2v) is 5.26. The van der Waals surface area contributed by atoms with Crippen LogP contribution in [0.2, 0.25) is 0 Å². The number of nitrogens with one attached hydrogen (secondary N) is 1. The second kappa shape index (κ2) is 6.06. The van der Waals surface area contributed by atoms with Gasteiger partial charge in [0, 0.05) is 18.7 Å². The highest BCUT2D eigenvalue weighted by Crippen LogP contribution is 2.30. The zero-order chi connectivity index (χ0) is 13.0. The minimum absolute atomic E-state index is 0.149. The molecule has 0 spiro atoms. The van der Waals surface area contributed by atoms with E-state index in [1.807, 2.05) is 0 Å². The minimum atomic E-state index is -4.12. The summed E-state index contributed by atoms with van der Waals surface area (Å²) in [6.07, 6.45) is 0.911. The minimum Gasteiger partial charge on any atom is -0.317 e. The van der Waals surface area contributed by atoms with Crippen molar-refractivity contribution in [3.05, 3.63) is 11.6 Å². The van der Waals surface area contributed by atoms with Gasteiger partial charge >= 0.3 is 6.18 Å². The molecule has 1 saturated heterocycles. The molecular weight excluding hydrogens is 241 g/mol. The second-order valence-electron chi connectivity index (χ2n) is 5.26. The first-order valence-electron chi connectivity index (χ1n) is 6.75. The van der Waals surface area contributed by atoms with E-state index in [0.29, 0.717) is 13.1 Å². The lowest BCUT2D eigenvalue weighted by Gasteiger charge is -2.29. The monoisotopic (exact) mass is 262 g/mol. The van der Waals surface area contributed by atoms with Gasteiger partial charge in [0.1, 0.15) is 0 Å². The van der Waals surface area contributed by atoms with E-state index < -0.39 is 6.18 Å². The molecule has 1 fully saturated rings. The molecule has 2 heterocycles. The molecule has 0 radical (unpaired) electrons. The van der Waals surface area contributed by atoms with Gasteiger partial charge in [0.2, 0.25) is 0 Å². The zero-order valence-electron chi connectivity index (χ0n) is 10.6. The maximum absolute atomic E-state index is 12.5.